The molecule has 0 unspecified atom stereocenters. The van der Waals surface area contributed by atoms with Crippen LogP contribution in [0, 0.1) is 0 Å². The topological polar surface area (TPSA) is 72.6 Å². The van der Waals surface area contributed by atoms with Crippen LogP contribution >= 0.6 is 0 Å². The molecule has 1 amide bonds. The molecule has 6 heteroatoms. The largest absolute Gasteiger partial charge is 0.469 e. The summed E-state index contributed by atoms with van der Waals surface area (Å²) >= 11 is 0. The highest BCUT2D eigenvalue weighted by Crippen LogP contribution is 2.31. The Bertz CT molecular complexity index is 1010. The summed E-state index contributed by atoms with van der Waals surface area (Å²) < 4.78 is 10.2. The van der Waals surface area contributed by atoms with Crippen LogP contribution in [-0.4, -0.2) is 35.6 Å². The van der Waals surface area contributed by atoms with Gasteiger partial charge in [0.2, 0.25) is 5.91 Å². The van der Waals surface area contributed by atoms with E-state index in [4.69, 9.17) is 4.52 Å². The number of carbonyl (C=O) groups is 2. The summed E-state index contributed by atoms with van der Waals surface area (Å²) in [5.41, 5.74) is 4.95. The maximum absolute atomic E-state index is 12.5. The molecule has 6 nitrogen and oxygen atoms in total. The first-order chi connectivity index (χ1) is 14.2. The van der Waals surface area contributed by atoms with Crippen LogP contribution in [0.15, 0.2) is 59.1 Å². The predicted octanol–water partition coefficient (Wildman–Crippen LogP) is 3.85. The van der Waals surface area contributed by atoms with Crippen molar-refractivity contribution >= 4 is 11.9 Å². The molecule has 0 aliphatic carbocycles. The Morgan fingerprint density at radius 2 is 1.69 bits per heavy atom. The fourth-order valence-electron chi connectivity index (χ4n) is 3.57. The number of carbonyl (C=O) groups excluding carboxylic acids is 2. The number of ether oxygens (including phenoxy) is 1. The first kappa shape index (κ1) is 18.9. The van der Waals surface area contributed by atoms with Gasteiger partial charge in [0.05, 0.1) is 20.1 Å². The molecule has 0 N–H and O–H groups in total. The lowest BCUT2D eigenvalue weighted by atomic mass is 9.98. The van der Waals surface area contributed by atoms with E-state index in [2.05, 4.69) is 34.2 Å². The van der Waals surface area contributed by atoms with Crippen LogP contribution in [0.2, 0.25) is 0 Å². The lowest BCUT2D eigenvalue weighted by molar-refractivity contribution is -0.143. The molecule has 2 aromatic carbocycles. The quantitative estimate of drug-likeness (QED) is 0.619. The second-order valence-electron chi connectivity index (χ2n) is 7.02. The molecule has 1 aliphatic rings. The Balaban J connectivity index is 1.51. The zero-order valence-electron chi connectivity index (χ0n) is 16.3. The Morgan fingerprint density at radius 1 is 1.00 bits per heavy atom. The second kappa shape index (κ2) is 8.31. The van der Waals surface area contributed by atoms with Gasteiger partial charge in [-0.15, -0.1) is 0 Å². The number of benzene rings is 2. The normalized spacial score (nSPS) is 13.1. The third kappa shape index (κ3) is 4.06. The Hall–Kier alpha value is -3.41. The minimum absolute atomic E-state index is 0.0624. The molecule has 1 aliphatic heterocycles. The molecule has 0 spiro atoms. The van der Waals surface area contributed by atoms with E-state index in [1.54, 1.807) is 4.90 Å². The molecule has 0 saturated carbocycles. The van der Waals surface area contributed by atoms with Crippen LogP contribution in [0.1, 0.15) is 24.2 Å². The van der Waals surface area contributed by atoms with Gasteiger partial charge in [0.1, 0.15) is 11.5 Å². The van der Waals surface area contributed by atoms with Crippen molar-refractivity contribution in [2.24, 2.45) is 0 Å². The van der Waals surface area contributed by atoms with E-state index in [0.29, 0.717) is 19.5 Å². The summed E-state index contributed by atoms with van der Waals surface area (Å²) in [6, 6.07) is 18.4. The van der Waals surface area contributed by atoms with E-state index in [1.165, 1.54) is 7.11 Å². The van der Waals surface area contributed by atoms with Crippen molar-refractivity contribution < 1.29 is 18.8 Å². The van der Waals surface area contributed by atoms with Crippen molar-refractivity contribution in [1.29, 1.82) is 0 Å². The van der Waals surface area contributed by atoms with E-state index in [9.17, 15) is 9.59 Å². The van der Waals surface area contributed by atoms with Gasteiger partial charge in [0.15, 0.2) is 0 Å². The van der Waals surface area contributed by atoms with E-state index in [-0.39, 0.29) is 24.7 Å². The molecule has 1 aromatic heterocycles. The highest BCUT2D eigenvalue weighted by Gasteiger charge is 2.27. The van der Waals surface area contributed by atoms with Crippen molar-refractivity contribution in [3.63, 3.8) is 0 Å². The number of hydrogen-bond donors (Lipinski definition) is 0. The summed E-state index contributed by atoms with van der Waals surface area (Å²) in [6.07, 6.45) is 0.860. The molecular weight excluding hydrogens is 368 g/mol. The fourth-order valence-corrected chi connectivity index (χ4v) is 3.57. The van der Waals surface area contributed by atoms with Crippen molar-refractivity contribution in [3.05, 3.63) is 65.9 Å². The Labute approximate surface area is 169 Å². The maximum atomic E-state index is 12.5. The Kier molecular flexibility index (Phi) is 5.42. The average molecular weight is 390 g/mol. The second-order valence-corrected chi connectivity index (χ2v) is 7.02. The molecular formula is C23H22N2O4. The minimum Gasteiger partial charge on any atom is -0.469 e. The van der Waals surface area contributed by atoms with E-state index < -0.39 is 0 Å². The lowest BCUT2D eigenvalue weighted by Crippen LogP contribution is -2.35. The number of aromatic nitrogens is 1. The van der Waals surface area contributed by atoms with Gasteiger partial charge in [-0.3, -0.25) is 9.59 Å². The van der Waals surface area contributed by atoms with E-state index in [0.717, 1.165) is 33.7 Å². The molecule has 0 bridgehead atoms. The van der Waals surface area contributed by atoms with Crippen LogP contribution in [0.3, 0.4) is 0 Å². The van der Waals surface area contributed by atoms with Crippen LogP contribution in [0.5, 0.6) is 0 Å². The van der Waals surface area contributed by atoms with Gasteiger partial charge in [0.25, 0.3) is 0 Å². The van der Waals surface area contributed by atoms with E-state index in [1.807, 2.05) is 30.3 Å². The zero-order chi connectivity index (χ0) is 20.2. The number of methoxy groups -OCH3 is 1. The standard InChI is InChI=1S/C23H22N2O4/c1-28-22(27)12-11-21(26)25-14-13-20-19(15-25)23(24-29-20)18-9-7-17(8-10-18)16-5-3-2-4-6-16/h2-10H,11-15H2,1H3. The molecule has 0 atom stereocenters. The maximum Gasteiger partial charge on any atom is 0.306 e. The van der Waals surface area contributed by atoms with Gasteiger partial charge >= 0.3 is 5.97 Å². The number of nitrogens with zero attached hydrogens (tertiary/aromatic N) is 2. The lowest BCUT2D eigenvalue weighted by Gasteiger charge is -2.26. The van der Waals surface area contributed by atoms with Crippen LogP contribution in [0.25, 0.3) is 22.4 Å². The summed E-state index contributed by atoms with van der Waals surface area (Å²) in [4.78, 5) is 25.5. The van der Waals surface area contributed by atoms with Crippen molar-refractivity contribution in [3.8, 4) is 22.4 Å². The zero-order valence-corrected chi connectivity index (χ0v) is 16.3. The van der Waals surface area contributed by atoms with Gasteiger partial charge in [-0.25, -0.2) is 0 Å². The summed E-state index contributed by atoms with van der Waals surface area (Å²) in [5, 5.41) is 4.26. The minimum atomic E-state index is -0.375. The van der Waals surface area contributed by atoms with E-state index >= 15 is 0 Å². The third-order valence-electron chi connectivity index (χ3n) is 5.22. The molecule has 0 radical (unpaired) electrons. The molecule has 2 heterocycles. The smallest absolute Gasteiger partial charge is 0.306 e. The summed E-state index contributed by atoms with van der Waals surface area (Å²) in [5.74, 6) is 0.386. The van der Waals surface area contributed by atoms with Crippen molar-refractivity contribution in [1.82, 2.24) is 10.1 Å². The monoisotopic (exact) mass is 390 g/mol. The van der Waals surface area contributed by atoms with Gasteiger partial charge in [-0.05, 0) is 11.1 Å². The first-order valence-electron chi connectivity index (χ1n) is 9.63. The SMILES string of the molecule is COC(=O)CCC(=O)N1CCc2onc(-c3ccc(-c4ccccc4)cc3)c2C1. The van der Waals surface area contributed by atoms with Gasteiger partial charge in [0, 0.05) is 30.5 Å². The number of esters is 1. The molecule has 3 aromatic rings. The number of fused-ring (bicyclic) bond motifs is 1. The average Bonchev–Trinajstić information content (AvgIpc) is 3.21. The van der Waals surface area contributed by atoms with Gasteiger partial charge in [-0.1, -0.05) is 59.8 Å². The fraction of sp³-hybridized carbons (Fsp3) is 0.261. The first-order valence-corrected chi connectivity index (χ1v) is 9.63. The highest BCUT2D eigenvalue weighted by molar-refractivity contribution is 5.82. The molecule has 0 saturated heterocycles. The van der Waals surface area contributed by atoms with Crippen LogP contribution in [0.4, 0.5) is 0 Å². The number of amides is 1. The molecule has 148 valence electrons. The molecule has 0 fully saturated rings. The van der Waals surface area contributed by atoms with Crippen molar-refractivity contribution in [2.45, 2.75) is 25.8 Å². The van der Waals surface area contributed by atoms with Crippen molar-refractivity contribution in [2.75, 3.05) is 13.7 Å². The van der Waals surface area contributed by atoms with Gasteiger partial charge < -0.3 is 14.2 Å². The third-order valence-corrected chi connectivity index (χ3v) is 5.22. The molecule has 29 heavy (non-hydrogen) atoms. The van der Waals surface area contributed by atoms with Crippen LogP contribution < -0.4 is 0 Å². The summed E-state index contributed by atoms with van der Waals surface area (Å²) in [6.45, 7) is 1.00. The predicted molar refractivity (Wildman–Crippen MR) is 108 cm³/mol. The Morgan fingerprint density at radius 3 is 2.41 bits per heavy atom. The van der Waals surface area contributed by atoms with Crippen LogP contribution in [-0.2, 0) is 27.3 Å². The number of hydrogen-bond acceptors (Lipinski definition) is 5. The van der Waals surface area contributed by atoms with Gasteiger partial charge in [-0.2, -0.15) is 0 Å². The highest BCUT2D eigenvalue weighted by atomic mass is 16.5. The molecule has 4 rings (SSSR count). The summed E-state index contributed by atoms with van der Waals surface area (Å²) in [7, 11) is 1.33. The number of rotatable bonds is 5.